The lowest BCUT2D eigenvalue weighted by atomic mass is 9.74. The second kappa shape index (κ2) is 12.1. The summed E-state index contributed by atoms with van der Waals surface area (Å²) in [6.45, 7) is 4.02. The Bertz CT molecular complexity index is 1720. The number of nitriles is 1. The topological polar surface area (TPSA) is 133 Å². The predicted octanol–water partition coefficient (Wildman–Crippen LogP) is 3.46. The van der Waals surface area contributed by atoms with E-state index >= 15 is 0 Å². The van der Waals surface area contributed by atoms with Gasteiger partial charge in [0, 0.05) is 68.9 Å². The van der Waals surface area contributed by atoms with E-state index in [0.29, 0.717) is 31.6 Å². The monoisotopic (exact) mass is 637 g/mol. The van der Waals surface area contributed by atoms with Crippen molar-refractivity contribution in [3.8, 4) is 23.1 Å². The molecule has 3 amide bonds. The average molecular weight is 638 g/mol. The number of halogens is 3. The summed E-state index contributed by atoms with van der Waals surface area (Å²) >= 11 is 6.47. The lowest BCUT2D eigenvalue weighted by molar-refractivity contribution is -0.152. The maximum absolute atomic E-state index is 14.8. The number of likely N-dealkylation sites (tertiary alicyclic amines) is 2. The lowest BCUT2D eigenvalue weighted by Crippen LogP contribution is -2.72. The molecule has 14 heteroatoms. The van der Waals surface area contributed by atoms with Crippen LogP contribution in [0, 0.1) is 34.3 Å². The highest BCUT2D eigenvalue weighted by Crippen LogP contribution is 2.36. The summed E-state index contributed by atoms with van der Waals surface area (Å²) in [5.74, 6) is -3.75. The number of rotatable bonds is 7. The van der Waals surface area contributed by atoms with Gasteiger partial charge in [-0.15, -0.1) is 0 Å². The Morgan fingerprint density at radius 1 is 1.13 bits per heavy atom. The third kappa shape index (κ3) is 5.71. The number of nitrogens with zero attached hydrogens (tertiary/aromatic N) is 5. The first-order valence-electron chi connectivity index (χ1n) is 14.5. The first-order valence-corrected chi connectivity index (χ1v) is 14.9. The van der Waals surface area contributed by atoms with E-state index < -0.39 is 29.9 Å². The van der Waals surface area contributed by atoms with Gasteiger partial charge in [0.05, 0.1) is 22.5 Å². The molecule has 0 atom stereocenters. The van der Waals surface area contributed by atoms with Crippen LogP contribution in [0.2, 0.25) is 5.02 Å². The van der Waals surface area contributed by atoms with Crippen LogP contribution in [0.5, 0.6) is 5.75 Å². The molecule has 6 rings (SSSR count). The number of carbonyl (C=O) groups excluding carboxylic acids is 3. The van der Waals surface area contributed by atoms with Crippen LogP contribution in [-0.2, 0) is 11.8 Å². The minimum absolute atomic E-state index is 0.0824. The Morgan fingerprint density at radius 2 is 1.87 bits per heavy atom. The Morgan fingerprint density at radius 3 is 2.51 bits per heavy atom. The van der Waals surface area contributed by atoms with E-state index in [1.807, 2.05) is 4.90 Å². The van der Waals surface area contributed by atoms with Gasteiger partial charge in [-0.3, -0.25) is 14.4 Å². The first kappa shape index (κ1) is 30.5. The summed E-state index contributed by atoms with van der Waals surface area (Å²) < 4.78 is 35.4. The highest BCUT2D eigenvalue weighted by atomic mass is 35.5. The molecular formula is C31H30ClF2N7O4. The summed E-state index contributed by atoms with van der Waals surface area (Å²) in [6, 6.07) is 8.68. The molecule has 0 saturated carbocycles. The minimum Gasteiger partial charge on any atom is -0.476 e. The van der Waals surface area contributed by atoms with Crippen molar-refractivity contribution in [1.29, 1.82) is 5.26 Å². The third-order valence-electron chi connectivity index (χ3n) is 8.76. The van der Waals surface area contributed by atoms with E-state index in [2.05, 4.69) is 15.6 Å². The highest BCUT2D eigenvalue weighted by molar-refractivity contribution is 6.34. The number of amides is 3. The SMILES string of the molecule is Cn1c(-c2ccc(OCC#N)c(F)c2F)cnc1C(=O)Nc1ccc(C(=O)N2CCC(C(=O)N3CC4(CNC4)C3)CC2)c(Cl)c1. The van der Waals surface area contributed by atoms with Gasteiger partial charge in [0.25, 0.3) is 11.8 Å². The van der Waals surface area contributed by atoms with Crippen molar-refractivity contribution in [3.63, 3.8) is 0 Å². The Hall–Kier alpha value is -4.54. The van der Waals surface area contributed by atoms with Crippen LogP contribution < -0.4 is 15.4 Å². The van der Waals surface area contributed by atoms with Crippen LogP contribution >= 0.6 is 11.6 Å². The average Bonchev–Trinajstić information content (AvgIpc) is 3.37. The molecule has 4 heterocycles. The van der Waals surface area contributed by atoms with Crippen molar-refractivity contribution in [2.75, 3.05) is 51.2 Å². The molecule has 3 fully saturated rings. The Balaban J connectivity index is 1.07. The van der Waals surface area contributed by atoms with Crippen LogP contribution in [0.3, 0.4) is 0 Å². The van der Waals surface area contributed by atoms with E-state index in [4.69, 9.17) is 21.6 Å². The van der Waals surface area contributed by atoms with Gasteiger partial charge in [0.15, 0.2) is 24.0 Å². The predicted molar refractivity (Wildman–Crippen MR) is 160 cm³/mol. The molecule has 3 aromatic rings. The molecule has 45 heavy (non-hydrogen) atoms. The molecule has 0 radical (unpaired) electrons. The van der Waals surface area contributed by atoms with Gasteiger partial charge in [-0.25, -0.2) is 9.37 Å². The normalized spacial score (nSPS) is 17.3. The Labute approximate surface area is 262 Å². The van der Waals surface area contributed by atoms with Crippen molar-refractivity contribution in [1.82, 2.24) is 24.7 Å². The molecule has 2 aromatic carbocycles. The van der Waals surface area contributed by atoms with Crippen molar-refractivity contribution in [2.24, 2.45) is 18.4 Å². The maximum Gasteiger partial charge on any atom is 0.291 e. The van der Waals surface area contributed by atoms with Crippen LogP contribution in [-0.4, -0.2) is 82.9 Å². The van der Waals surface area contributed by atoms with E-state index in [1.165, 1.54) is 42.1 Å². The number of anilines is 1. The van der Waals surface area contributed by atoms with Crippen molar-refractivity contribution in [3.05, 3.63) is 64.6 Å². The van der Waals surface area contributed by atoms with E-state index in [0.717, 1.165) is 26.2 Å². The van der Waals surface area contributed by atoms with Crippen LogP contribution in [0.4, 0.5) is 14.5 Å². The zero-order valence-corrected chi connectivity index (χ0v) is 25.2. The molecule has 3 aliphatic heterocycles. The van der Waals surface area contributed by atoms with Crippen molar-refractivity contribution in [2.45, 2.75) is 12.8 Å². The summed E-state index contributed by atoms with van der Waals surface area (Å²) in [4.78, 5) is 46.9. The molecular weight excluding hydrogens is 608 g/mol. The van der Waals surface area contributed by atoms with E-state index in [-0.39, 0.29) is 50.8 Å². The quantitative estimate of drug-likeness (QED) is 0.406. The van der Waals surface area contributed by atoms with Crippen molar-refractivity contribution < 1.29 is 27.9 Å². The van der Waals surface area contributed by atoms with Crippen molar-refractivity contribution >= 4 is 35.0 Å². The number of hydrogen-bond donors (Lipinski definition) is 2. The zero-order valence-electron chi connectivity index (χ0n) is 24.4. The summed E-state index contributed by atoms with van der Waals surface area (Å²) in [5.41, 5.74) is 0.849. The number of piperidine rings is 1. The molecule has 3 aliphatic rings. The summed E-state index contributed by atoms with van der Waals surface area (Å²) in [7, 11) is 1.48. The molecule has 2 N–H and O–H groups in total. The standard InChI is InChI=1S/C31H30ClF2N7O4/c1-39-23(21-4-5-24(45-11-8-35)26(34)25(21)33)13-37-27(39)28(42)38-19-2-3-20(22(32)12-19)30(44)40-9-6-18(7-10-40)29(43)41-16-31(17-41)14-36-15-31/h2-5,12-13,18,36H,6-7,9-11,14-17H2,1H3,(H,38,42). The highest BCUT2D eigenvalue weighted by Gasteiger charge is 2.50. The van der Waals surface area contributed by atoms with Crippen LogP contribution in [0.25, 0.3) is 11.3 Å². The maximum atomic E-state index is 14.8. The number of carbonyl (C=O) groups is 3. The van der Waals surface area contributed by atoms with Crippen LogP contribution in [0.15, 0.2) is 36.5 Å². The van der Waals surface area contributed by atoms with Gasteiger partial charge in [-0.2, -0.15) is 9.65 Å². The fraction of sp³-hybridized carbons (Fsp3) is 0.387. The van der Waals surface area contributed by atoms with E-state index in [1.54, 1.807) is 17.0 Å². The third-order valence-corrected chi connectivity index (χ3v) is 9.07. The molecule has 0 unspecified atom stereocenters. The molecule has 3 saturated heterocycles. The van der Waals surface area contributed by atoms with Gasteiger partial charge in [-0.05, 0) is 43.2 Å². The second-order valence-electron chi connectivity index (χ2n) is 11.7. The van der Waals surface area contributed by atoms with E-state index in [9.17, 15) is 23.2 Å². The molecule has 0 aliphatic carbocycles. The molecule has 1 aromatic heterocycles. The molecule has 234 valence electrons. The molecule has 1 spiro atoms. The number of imidazole rings is 1. The summed E-state index contributed by atoms with van der Waals surface area (Å²) in [6.07, 6.45) is 2.43. The van der Waals surface area contributed by atoms with Gasteiger partial charge in [0.1, 0.15) is 6.07 Å². The van der Waals surface area contributed by atoms with Gasteiger partial charge in [-0.1, -0.05) is 11.6 Å². The van der Waals surface area contributed by atoms with Gasteiger partial charge >= 0.3 is 0 Å². The smallest absolute Gasteiger partial charge is 0.291 e. The fourth-order valence-corrected chi connectivity index (χ4v) is 6.42. The Kier molecular flexibility index (Phi) is 8.20. The van der Waals surface area contributed by atoms with Gasteiger partial charge < -0.3 is 29.7 Å². The number of ether oxygens (including phenoxy) is 1. The molecule has 0 bridgehead atoms. The fourth-order valence-electron chi connectivity index (χ4n) is 6.15. The largest absolute Gasteiger partial charge is 0.476 e. The number of aromatic nitrogens is 2. The summed E-state index contributed by atoms with van der Waals surface area (Å²) in [5, 5.41) is 14.7. The minimum atomic E-state index is -1.26. The number of hydrogen-bond acceptors (Lipinski definition) is 7. The molecule has 11 nitrogen and oxygen atoms in total. The van der Waals surface area contributed by atoms with Crippen LogP contribution in [0.1, 0.15) is 33.8 Å². The number of nitrogens with one attached hydrogen (secondary N) is 2. The second-order valence-corrected chi connectivity index (χ2v) is 12.1. The first-order chi connectivity index (χ1) is 21.6. The number of benzene rings is 2. The lowest BCUT2D eigenvalue weighted by Gasteiger charge is -2.56. The van der Waals surface area contributed by atoms with Gasteiger partial charge in [0.2, 0.25) is 11.7 Å². The zero-order chi connectivity index (χ0) is 31.9.